The Balaban J connectivity index is 1.76. The number of amides is 2. The molecule has 2 aromatic rings. The molecule has 25 heavy (non-hydrogen) atoms. The van der Waals surface area contributed by atoms with Gasteiger partial charge in [-0.05, 0) is 48.6 Å². The number of thioether (sulfide) groups is 1. The van der Waals surface area contributed by atoms with Crippen molar-refractivity contribution in [3.63, 3.8) is 0 Å². The van der Waals surface area contributed by atoms with Gasteiger partial charge >= 0.3 is 0 Å². The van der Waals surface area contributed by atoms with Crippen LogP contribution in [0.2, 0.25) is 0 Å². The van der Waals surface area contributed by atoms with Crippen molar-refractivity contribution in [2.24, 2.45) is 5.73 Å². The van der Waals surface area contributed by atoms with Gasteiger partial charge in [-0.25, -0.2) is 4.39 Å². The number of benzene rings is 2. The third kappa shape index (κ3) is 6.46. The highest BCUT2D eigenvalue weighted by atomic mass is 32.2. The van der Waals surface area contributed by atoms with E-state index in [1.165, 1.54) is 12.1 Å². The van der Waals surface area contributed by atoms with Crippen molar-refractivity contribution in [2.75, 3.05) is 18.9 Å². The van der Waals surface area contributed by atoms with Crippen LogP contribution in [0.4, 0.5) is 4.39 Å². The zero-order valence-corrected chi connectivity index (χ0v) is 14.4. The molecule has 0 heterocycles. The molecular formula is C18H19FN2O3S. The Bertz CT molecular complexity index is 723. The number of halogens is 1. The average Bonchev–Trinajstić information content (AvgIpc) is 2.61. The summed E-state index contributed by atoms with van der Waals surface area (Å²) in [5.74, 6) is -0.0145. The van der Waals surface area contributed by atoms with Crippen LogP contribution in [0.15, 0.2) is 53.4 Å². The van der Waals surface area contributed by atoms with Gasteiger partial charge < -0.3 is 15.8 Å². The summed E-state index contributed by atoms with van der Waals surface area (Å²) in [6.07, 6.45) is 0.762. The molecule has 0 aliphatic rings. The largest absolute Gasteiger partial charge is 0.483 e. The van der Waals surface area contributed by atoms with Gasteiger partial charge in [0.1, 0.15) is 11.6 Å². The number of hydrogen-bond acceptors (Lipinski definition) is 4. The first-order valence-electron chi connectivity index (χ1n) is 7.73. The molecule has 132 valence electrons. The molecule has 0 saturated heterocycles. The number of nitrogens with one attached hydrogen (secondary N) is 1. The van der Waals surface area contributed by atoms with E-state index in [4.69, 9.17) is 10.5 Å². The van der Waals surface area contributed by atoms with Crippen molar-refractivity contribution >= 4 is 23.6 Å². The van der Waals surface area contributed by atoms with Crippen molar-refractivity contribution in [3.05, 3.63) is 59.9 Å². The minimum atomic E-state index is -0.604. The lowest BCUT2D eigenvalue weighted by Crippen LogP contribution is -2.26. The van der Waals surface area contributed by atoms with Gasteiger partial charge in [0.2, 0.25) is 0 Å². The SMILES string of the molecule is NC(=O)COc1ccccc1C(=O)NCCCSc1ccc(F)cc1. The maximum absolute atomic E-state index is 12.8. The first-order valence-corrected chi connectivity index (χ1v) is 8.71. The third-order valence-electron chi connectivity index (χ3n) is 3.19. The van der Waals surface area contributed by atoms with Crippen LogP contribution >= 0.6 is 11.8 Å². The standard InChI is InChI=1S/C18H19FN2O3S/c19-13-6-8-14(9-7-13)25-11-3-10-21-18(23)15-4-1-2-5-16(15)24-12-17(20)22/h1-2,4-9H,3,10-12H2,(H2,20,22)(H,21,23). The van der Waals surface area contributed by atoms with Crippen molar-refractivity contribution in [2.45, 2.75) is 11.3 Å². The Kier molecular flexibility index (Phi) is 7.28. The van der Waals surface area contributed by atoms with Crippen LogP contribution in [0.3, 0.4) is 0 Å². The number of carbonyl (C=O) groups excluding carboxylic acids is 2. The molecule has 0 aliphatic heterocycles. The molecule has 2 aromatic carbocycles. The lowest BCUT2D eigenvalue weighted by molar-refractivity contribution is -0.119. The molecular weight excluding hydrogens is 343 g/mol. The van der Waals surface area contributed by atoms with Gasteiger partial charge in [-0.15, -0.1) is 11.8 Å². The zero-order chi connectivity index (χ0) is 18.1. The minimum Gasteiger partial charge on any atom is -0.483 e. The fourth-order valence-corrected chi connectivity index (χ4v) is 2.87. The lowest BCUT2D eigenvalue weighted by atomic mass is 10.2. The molecule has 0 unspecified atom stereocenters. The molecule has 5 nitrogen and oxygen atoms in total. The molecule has 0 atom stereocenters. The first-order chi connectivity index (χ1) is 12.1. The predicted octanol–water partition coefficient (Wildman–Crippen LogP) is 2.60. The minimum absolute atomic E-state index is 0.256. The zero-order valence-electron chi connectivity index (χ0n) is 13.5. The summed E-state index contributed by atoms with van der Waals surface area (Å²) in [4.78, 5) is 24.0. The maximum Gasteiger partial charge on any atom is 0.255 e. The van der Waals surface area contributed by atoms with Crippen molar-refractivity contribution in [3.8, 4) is 5.75 Å². The molecule has 2 amide bonds. The topological polar surface area (TPSA) is 81.4 Å². The molecule has 0 aliphatic carbocycles. The number of nitrogens with two attached hydrogens (primary N) is 1. The normalized spacial score (nSPS) is 10.3. The van der Waals surface area contributed by atoms with Crippen LogP contribution < -0.4 is 15.8 Å². The molecule has 0 radical (unpaired) electrons. The summed E-state index contributed by atoms with van der Waals surface area (Å²) in [5, 5.41) is 2.81. The Morgan fingerprint density at radius 3 is 2.56 bits per heavy atom. The van der Waals surface area contributed by atoms with Crippen LogP contribution in [0.1, 0.15) is 16.8 Å². The predicted molar refractivity (Wildman–Crippen MR) is 95.2 cm³/mol. The maximum atomic E-state index is 12.8. The van der Waals surface area contributed by atoms with E-state index in [0.29, 0.717) is 17.9 Å². The Morgan fingerprint density at radius 2 is 1.84 bits per heavy atom. The van der Waals surface area contributed by atoms with Gasteiger partial charge in [0.15, 0.2) is 6.61 Å². The van der Waals surface area contributed by atoms with Crippen LogP contribution in [-0.4, -0.2) is 30.7 Å². The van der Waals surface area contributed by atoms with Crippen LogP contribution in [0.5, 0.6) is 5.75 Å². The van der Waals surface area contributed by atoms with Crippen LogP contribution in [0, 0.1) is 5.82 Å². The van der Waals surface area contributed by atoms with E-state index in [-0.39, 0.29) is 18.3 Å². The number of para-hydroxylation sites is 1. The molecule has 3 N–H and O–H groups in total. The number of hydrogen-bond donors (Lipinski definition) is 2. The summed E-state index contributed by atoms with van der Waals surface area (Å²) in [7, 11) is 0. The quantitative estimate of drug-likeness (QED) is 0.531. The van der Waals surface area contributed by atoms with E-state index in [9.17, 15) is 14.0 Å². The molecule has 0 bridgehead atoms. The van der Waals surface area contributed by atoms with E-state index in [1.54, 1.807) is 48.2 Å². The van der Waals surface area contributed by atoms with Gasteiger partial charge in [0.05, 0.1) is 5.56 Å². The van der Waals surface area contributed by atoms with Gasteiger partial charge in [-0.2, -0.15) is 0 Å². The molecule has 2 rings (SSSR count). The van der Waals surface area contributed by atoms with E-state index >= 15 is 0 Å². The molecule has 0 spiro atoms. The summed E-state index contributed by atoms with van der Waals surface area (Å²) in [6, 6.07) is 13.0. The van der Waals surface area contributed by atoms with Crippen LogP contribution in [-0.2, 0) is 4.79 Å². The second-order valence-corrected chi connectivity index (χ2v) is 6.33. The van der Waals surface area contributed by atoms with Gasteiger partial charge in [0, 0.05) is 11.4 Å². The van der Waals surface area contributed by atoms with Gasteiger partial charge in [-0.3, -0.25) is 9.59 Å². The number of ether oxygens (including phenoxy) is 1. The monoisotopic (exact) mass is 362 g/mol. The van der Waals surface area contributed by atoms with E-state index in [2.05, 4.69) is 5.32 Å². The average molecular weight is 362 g/mol. The van der Waals surface area contributed by atoms with Crippen molar-refractivity contribution in [1.82, 2.24) is 5.32 Å². The molecule has 0 fully saturated rings. The van der Waals surface area contributed by atoms with E-state index in [1.807, 2.05) is 0 Å². The lowest BCUT2D eigenvalue weighted by Gasteiger charge is -2.10. The first kappa shape index (κ1) is 18.8. The number of primary amides is 1. The Hall–Kier alpha value is -2.54. The number of rotatable bonds is 9. The second kappa shape index (κ2) is 9.68. The van der Waals surface area contributed by atoms with E-state index in [0.717, 1.165) is 17.1 Å². The van der Waals surface area contributed by atoms with Crippen LogP contribution in [0.25, 0.3) is 0 Å². The Morgan fingerprint density at radius 1 is 1.12 bits per heavy atom. The second-order valence-electron chi connectivity index (χ2n) is 5.16. The number of carbonyl (C=O) groups is 2. The van der Waals surface area contributed by atoms with Gasteiger partial charge in [-0.1, -0.05) is 12.1 Å². The summed E-state index contributed by atoms with van der Waals surface area (Å²) in [5.41, 5.74) is 5.41. The molecule has 0 saturated carbocycles. The highest BCUT2D eigenvalue weighted by molar-refractivity contribution is 7.99. The van der Waals surface area contributed by atoms with Gasteiger partial charge in [0.25, 0.3) is 11.8 Å². The highest BCUT2D eigenvalue weighted by Crippen LogP contribution is 2.19. The fraction of sp³-hybridized carbons (Fsp3) is 0.222. The van der Waals surface area contributed by atoms with Crippen molar-refractivity contribution in [1.29, 1.82) is 0 Å². The summed E-state index contributed by atoms with van der Waals surface area (Å²) < 4.78 is 18.1. The Labute approximate surface area is 149 Å². The molecule has 7 heteroatoms. The summed E-state index contributed by atoms with van der Waals surface area (Å²) in [6.45, 7) is 0.218. The van der Waals surface area contributed by atoms with E-state index < -0.39 is 5.91 Å². The third-order valence-corrected chi connectivity index (χ3v) is 4.29. The summed E-state index contributed by atoms with van der Waals surface area (Å²) >= 11 is 1.60. The fourth-order valence-electron chi connectivity index (χ4n) is 2.02. The molecule has 0 aromatic heterocycles. The highest BCUT2D eigenvalue weighted by Gasteiger charge is 2.12. The smallest absolute Gasteiger partial charge is 0.255 e. The van der Waals surface area contributed by atoms with Crippen molar-refractivity contribution < 1.29 is 18.7 Å².